The van der Waals surface area contributed by atoms with Crippen LogP contribution >= 0.6 is 0 Å². The van der Waals surface area contributed by atoms with Gasteiger partial charge in [0.05, 0.1) is 12.3 Å². The van der Waals surface area contributed by atoms with Gasteiger partial charge in [0.1, 0.15) is 0 Å². The van der Waals surface area contributed by atoms with E-state index in [4.69, 9.17) is 0 Å². The molecule has 0 aromatic heterocycles. The Labute approximate surface area is 47.9 Å². The molecule has 0 amide bonds. The predicted molar refractivity (Wildman–Crippen MR) is 32.1 cm³/mol. The molecule has 8 heavy (non-hydrogen) atoms. The van der Waals surface area contributed by atoms with Crippen LogP contribution in [0.4, 0.5) is 0 Å². The molecule has 1 aliphatic rings. The lowest BCUT2D eigenvalue weighted by Crippen LogP contribution is -1.88. The van der Waals surface area contributed by atoms with Gasteiger partial charge in [-0.3, -0.25) is 9.79 Å². The Hall–Kier alpha value is -0.920. The van der Waals surface area contributed by atoms with Gasteiger partial charge >= 0.3 is 0 Å². The summed E-state index contributed by atoms with van der Waals surface area (Å²) < 4.78 is 0. The minimum Gasteiger partial charge on any atom is -0.296 e. The lowest BCUT2D eigenvalue weighted by molar-refractivity contribution is -0.102. The summed E-state index contributed by atoms with van der Waals surface area (Å²) in [5.41, 5.74) is 1.73. The first-order chi connectivity index (χ1) is 3.83. The monoisotopic (exact) mass is 109 g/mol. The van der Waals surface area contributed by atoms with E-state index in [1.807, 2.05) is 6.92 Å². The van der Waals surface area contributed by atoms with E-state index in [1.54, 1.807) is 6.08 Å². The van der Waals surface area contributed by atoms with Crippen LogP contribution < -0.4 is 0 Å². The molecule has 1 heterocycles. The van der Waals surface area contributed by atoms with Crippen LogP contribution in [0.2, 0.25) is 0 Å². The Morgan fingerprint density at radius 3 is 2.88 bits per heavy atom. The molecule has 1 aliphatic heterocycles. The van der Waals surface area contributed by atoms with Gasteiger partial charge in [0.2, 0.25) is 0 Å². The van der Waals surface area contributed by atoms with Crippen molar-refractivity contribution in [1.82, 2.24) is 0 Å². The summed E-state index contributed by atoms with van der Waals surface area (Å²) in [5.74, 6) is 0. The number of aliphatic imine (C=N–C) groups is 1. The van der Waals surface area contributed by atoms with E-state index in [0.717, 1.165) is 11.9 Å². The van der Waals surface area contributed by atoms with Crippen LogP contribution in [0, 0.1) is 0 Å². The lowest BCUT2D eigenvalue weighted by Gasteiger charge is -1.77. The van der Waals surface area contributed by atoms with Gasteiger partial charge in [-0.2, -0.15) is 0 Å². The van der Waals surface area contributed by atoms with Gasteiger partial charge in [-0.1, -0.05) is 0 Å². The summed E-state index contributed by atoms with van der Waals surface area (Å²) in [6, 6.07) is 0. The summed E-state index contributed by atoms with van der Waals surface area (Å²) >= 11 is 0. The minimum atomic E-state index is 0.572. The average molecular weight is 109 g/mol. The van der Waals surface area contributed by atoms with Crippen molar-refractivity contribution in [2.75, 3.05) is 6.54 Å². The number of carbonyl (C=O) groups is 1. The van der Waals surface area contributed by atoms with Gasteiger partial charge in [-0.05, 0) is 18.6 Å². The summed E-state index contributed by atoms with van der Waals surface area (Å²) in [6.45, 7) is 2.66. The van der Waals surface area contributed by atoms with Gasteiger partial charge in [-0.15, -0.1) is 0 Å². The number of hydrogen-bond donors (Lipinski definition) is 0. The highest BCUT2D eigenvalue weighted by atomic mass is 16.1. The fraction of sp³-hybridized carbons (Fsp3) is 0.333. The zero-order valence-electron chi connectivity index (χ0n) is 4.72. The second-order valence-corrected chi connectivity index (χ2v) is 1.85. The Kier molecular flexibility index (Phi) is 1.24. The molecule has 0 N–H and O–H groups in total. The fourth-order valence-corrected chi connectivity index (χ4v) is 0.631. The van der Waals surface area contributed by atoms with Crippen molar-refractivity contribution in [3.63, 3.8) is 0 Å². The molecule has 1 rings (SSSR count). The maximum Gasteiger partial charge on any atom is 0.167 e. The molecule has 2 heteroatoms. The topological polar surface area (TPSA) is 29.4 Å². The maximum atomic E-state index is 9.98. The quantitative estimate of drug-likeness (QED) is 0.453. The standard InChI is InChI=1S/C6H7NO/c1-5-2-6(4-8)7-3-5/h2,4H,3H2,1H3. The first kappa shape index (κ1) is 5.22. The lowest BCUT2D eigenvalue weighted by atomic mass is 10.3. The molecule has 0 unspecified atom stereocenters. The van der Waals surface area contributed by atoms with Gasteiger partial charge in [0.25, 0.3) is 0 Å². The molecule has 42 valence electrons. The third-order valence-corrected chi connectivity index (χ3v) is 1.03. The van der Waals surface area contributed by atoms with E-state index in [9.17, 15) is 4.79 Å². The van der Waals surface area contributed by atoms with Gasteiger partial charge in [0.15, 0.2) is 6.29 Å². The van der Waals surface area contributed by atoms with Crippen LogP contribution in [0.25, 0.3) is 0 Å². The SMILES string of the molecule is CC1=CC(C=O)=NC1. The van der Waals surface area contributed by atoms with E-state index in [0.29, 0.717) is 12.3 Å². The highest BCUT2D eigenvalue weighted by Crippen LogP contribution is 2.00. The molecule has 0 atom stereocenters. The van der Waals surface area contributed by atoms with E-state index < -0.39 is 0 Å². The van der Waals surface area contributed by atoms with Crippen LogP contribution in [-0.4, -0.2) is 18.5 Å². The zero-order valence-corrected chi connectivity index (χ0v) is 4.72. The van der Waals surface area contributed by atoms with Crippen molar-refractivity contribution < 1.29 is 4.79 Å². The van der Waals surface area contributed by atoms with Crippen LogP contribution in [0.15, 0.2) is 16.6 Å². The van der Waals surface area contributed by atoms with E-state index in [2.05, 4.69) is 4.99 Å². The second kappa shape index (κ2) is 1.90. The molecule has 0 aromatic rings. The largest absolute Gasteiger partial charge is 0.296 e. The van der Waals surface area contributed by atoms with Crippen LogP contribution in [-0.2, 0) is 4.79 Å². The van der Waals surface area contributed by atoms with Gasteiger partial charge < -0.3 is 0 Å². The molecular formula is C6H7NO. The third-order valence-electron chi connectivity index (χ3n) is 1.03. The molecule has 2 nitrogen and oxygen atoms in total. The normalized spacial score (nSPS) is 17.6. The fourth-order valence-electron chi connectivity index (χ4n) is 0.631. The maximum absolute atomic E-state index is 9.98. The van der Waals surface area contributed by atoms with E-state index in [-0.39, 0.29) is 0 Å². The first-order valence-electron chi connectivity index (χ1n) is 2.50. The molecule has 0 aromatic carbocycles. The smallest absolute Gasteiger partial charge is 0.167 e. The number of nitrogens with zero attached hydrogens (tertiary/aromatic N) is 1. The van der Waals surface area contributed by atoms with Crippen molar-refractivity contribution >= 4 is 12.0 Å². The third kappa shape index (κ3) is 0.832. The van der Waals surface area contributed by atoms with Crippen molar-refractivity contribution in [2.45, 2.75) is 6.92 Å². The number of allylic oxidation sites excluding steroid dienone is 1. The summed E-state index contributed by atoms with van der Waals surface area (Å²) in [4.78, 5) is 13.9. The van der Waals surface area contributed by atoms with E-state index in [1.165, 1.54) is 0 Å². The number of aldehydes is 1. The predicted octanol–water partition coefficient (Wildman–Crippen LogP) is 0.586. The average Bonchev–Trinajstić information content (AvgIpc) is 2.14. The number of hydrogen-bond acceptors (Lipinski definition) is 2. The summed E-state index contributed by atoms with van der Waals surface area (Å²) in [5, 5.41) is 0. The first-order valence-corrected chi connectivity index (χ1v) is 2.50. The highest BCUT2D eigenvalue weighted by molar-refractivity contribution is 6.34. The summed E-state index contributed by atoms with van der Waals surface area (Å²) in [6.07, 6.45) is 2.57. The van der Waals surface area contributed by atoms with Crippen LogP contribution in [0.5, 0.6) is 0 Å². The molecule has 0 fully saturated rings. The highest BCUT2D eigenvalue weighted by Gasteiger charge is 2.00. The van der Waals surface area contributed by atoms with Gasteiger partial charge in [0, 0.05) is 0 Å². The van der Waals surface area contributed by atoms with Crippen LogP contribution in [0.1, 0.15) is 6.92 Å². The number of carbonyl (C=O) groups excluding carboxylic acids is 1. The van der Waals surface area contributed by atoms with Crippen molar-refractivity contribution in [1.29, 1.82) is 0 Å². The molecular weight excluding hydrogens is 102 g/mol. The minimum absolute atomic E-state index is 0.572. The Morgan fingerprint density at radius 2 is 2.62 bits per heavy atom. The Morgan fingerprint density at radius 1 is 1.88 bits per heavy atom. The number of rotatable bonds is 1. The zero-order chi connectivity index (χ0) is 5.98. The Bertz CT molecular complexity index is 167. The molecule has 0 aliphatic carbocycles. The Balaban J connectivity index is 2.72. The molecule has 0 bridgehead atoms. The summed E-state index contributed by atoms with van der Waals surface area (Å²) in [7, 11) is 0. The van der Waals surface area contributed by atoms with Crippen molar-refractivity contribution in [3.8, 4) is 0 Å². The van der Waals surface area contributed by atoms with Crippen molar-refractivity contribution in [2.24, 2.45) is 4.99 Å². The molecule has 0 saturated heterocycles. The molecule has 0 radical (unpaired) electrons. The second-order valence-electron chi connectivity index (χ2n) is 1.85. The van der Waals surface area contributed by atoms with E-state index >= 15 is 0 Å². The van der Waals surface area contributed by atoms with Crippen LogP contribution in [0.3, 0.4) is 0 Å². The molecule has 0 spiro atoms. The van der Waals surface area contributed by atoms with Crippen molar-refractivity contribution in [3.05, 3.63) is 11.6 Å². The molecule has 0 saturated carbocycles. The van der Waals surface area contributed by atoms with Gasteiger partial charge in [-0.25, -0.2) is 0 Å².